The summed E-state index contributed by atoms with van der Waals surface area (Å²) in [7, 11) is -0.614. The maximum Gasteiger partial charge on any atom is 2.00 e. The van der Waals surface area contributed by atoms with E-state index in [4.69, 9.17) is 0 Å². The topological polar surface area (TPSA) is 0 Å². The van der Waals surface area contributed by atoms with Crippen molar-refractivity contribution in [1.29, 1.82) is 0 Å². The van der Waals surface area contributed by atoms with Crippen molar-refractivity contribution in [3.63, 3.8) is 0 Å². The van der Waals surface area contributed by atoms with E-state index in [1.54, 1.807) is 23.3 Å². The van der Waals surface area contributed by atoms with Crippen molar-refractivity contribution < 1.29 is 21.7 Å². The van der Waals surface area contributed by atoms with Crippen LogP contribution in [-0.4, -0.2) is 8.80 Å². The Hall–Kier alpha value is -0.629. The molecule has 1 aliphatic carbocycles. The van der Waals surface area contributed by atoms with Crippen LogP contribution in [0.5, 0.6) is 0 Å². The van der Waals surface area contributed by atoms with Crippen LogP contribution in [-0.2, 0) is 21.7 Å². The summed E-state index contributed by atoms with van der Waals surface area (Å²) in [5.74, 6) is 0. The van der Waals surface area contributed by atoms with Crippen LogP contribution in [0.2, 0.25) is 13.1 Å². The molecule has 98 valence electrons. The summed E-state index contributed by atoms with van der Waals surface area (Å²) in [5.41, 5.74) is 7.01. The van der Waals surface area contributed by atoms with Crippen molar-refractivity contribution in [3.8, 4) is 0 Å². The van der Waals surface area contributed by atoms with E-state index in [1.165, 1.54) is 11.1 Å². The van der Waals surface area contributed by atoms with Crippen LogP contribution in [0.25, 0.3) is 5.57 Å². The molecule has 0 saturated heterocycles. The van der Waals surface area contributed by atoms with Gasteiger partial charge in [0.15, 0.2) is 0 Å². The summed E-state index contributed by atoms with van der Waals surface area (Å²) in [6, 6.07) is 8.91. The Morgan fingerprint density at radius 2 is 1.58 bits per heavy atom. The van der Waals surface area contributed by atoms with Crippen LogP contribution < -0.4 is 0 Å². The SMILES string of the molecule is C=CC=C.CC1=C(C)C([SiH](C)C)c2ccccc21.[Ti+2]. The number of benzene rings is 1. The molecule has 1 unspecified atom stereocenters. The van der Waals surface area contributed by atoms with E-state index >= 15 is 0 Å². The zero-order chi connectivity index (χ0) is 13.7. The van der Waals surface area contributed by atoms with Gasteiger partial charge in [0, 0.05) is 8.80 Å². The Bertz CT molecular complexity index is 466. The van der Waals surface area contributed by atoms with E-state index in [0.29, 0.717) is 0 Å². The molecule has 0 bridgehead atoms. The van der Waals surface area contributed by atoms with Crippen molar-refractivity contribution >= 4 is 14.4 Å². The predicted octanol–water partition coefficient (Wildman–Crippen LogP) is 4.96. The largest absolute Gasteiger partial charge is 2.00 e. The molecule has 0 N–H and O–H groups in total. The van der Waals surface area contributed by atoms with Crippen molar-refractivity contribution in [2.24, 2.45) is 0 Å². The molecule has 0 nitrogen and oxygen atoms in total. The summed E-state index contributed by atoms with van der Waals surface area (Å²) in [5, 5.41) is 0. The molecule has 2 rings (SSSR count). The smallest absolute Gasteiger partial charge is 0.0991 e. The van der Waals surface area contributed by atoms with Crippen LogP contribution in [0.1, 0.15) is 30.5 Å². The molecule has 1 aromatic carbocycles. The predicted molar refractivity (Wildman–Crippen MR) is 86.7 cm³/mol. The third-order valence-corrected chi connectivity index (χ3v) is 5.78. The first kappa shape index (κ1) is 18.4. The first-order valence-corrected chi connectivity index (χ1v) is 9.52. The molecule has 1 atom stereocenters. The van der Waals surface area contributed by atoms with Gasteiger partial charge in [-0.05, 0) is 36.1 Å². The molecule has 0 amide bonds. The van der Waals surface area contributed by atoms with Gasteiger partial charge < -0.3 is 0 Å². The second-order valence-corrected chi connectivity index (χ2v) is 8.24. The molecule has 0 aromatic heterocycles. The number of fused-ring (bicyclic) bond motifs is 1. The molecule has 0 aliphatic heterocycles. The van der Waals surface area contributed by atoms with Gasteiger partial charge in [0.2, 0.25) is 0 Å². The monoisotopic (exact) mass is 304 g/mol. The zero-order valence-electron chi connectivity index (χ0n) is 12.5. The van der Waals surface area contributed by atoms with Crippen LogP contribution in [0.3, 0.4) is 0 Å². The van der Waals surface area contributed by atoms with Crippen LogP contribution in [0.4, 0.5) is 0 Å². The van der Waals surface area contributed by atoms with Crippen LogP contribution >= 0.6 is 0 Å². The van der Waals surface area contributed by atoms with Gasteiger partial charge in [-0.1, -0.05) is 68.2 Å². The first-order valence-electron chi connectivity index (χ1n) is 6.54. The Morgan fingerprint density at radius 1 is 1.05 bits per heavy atom. The van der Waals surface area contributed by atoms with Crippen LogP contribution in [0, 0.1) is 0 Å². The molecule has 0 saturated carbocycles. The quantitative estimate of drug-likeness (QED) is 0.535. The second kappa shape index (κ2) is 8.52. The van der Waals surface area contributed by atoms with Gasteiger partial charge in [-0.15, -0.1) is 0 Å². The number of hydrogen-bond acceptors (Lipinski definition) is 0. The molecule has 2 heteroatoms. The van der Waals surface area contributed by atoms with E-state index < -0.39 is 8.80 Å². The minimum Gasteiger partial charge on any atom is -0.0991 e. The third-order valence-electron chi connectivity index (χ3n) is 3.59. The molecule has 0 spiro atoms. The average molecular weight is 304 g/mol. The summed E-state index contributed by atoms with van der Waals surface area (Å²) < 4.78 is 0. The van der Waals surface area contributed by atoms with E-state index in [0.717, 1.165) is 5.54 Å². The van der Waals surface area contributed by atoms with Gasteiger partial charge >= 0.3 is 21.7 Å². The zero-order valence-corrected chi connectivity index (χ0v) is 15.2. The Balaban J connectivity index is 0.000000576. The molecule has 1 aliphatic rings. The van der Waals surface area contributed by atoms with Gasteiger partial charge in [0.05, 0.1) is 0 Å². The maximum atomic E-state index is 3.36. The minimum atomic E-state index is -0.614. The molecular weight excluding hydrogens is 280 g/mol. The van der Waals surface area contributed by atoms with E-state index in [-0.39, 0.29) is 21.7 Å². The number of hydrogen-bond donors (Lipinski definition) is 0. The molecule has 0 radical (unpaired) electrons. The standard InChI is InChI=1S/C13H18Si.C4H6.Ti/c1-9-10(2)13(14(3)4)12-8-6-5-7-11(9)12;1-3-4-2;/h5-8,13-14H,1-4H3;3-4H,1-2H2;/q;;+2. The molecule has 1 aromatic rings. The van der Waals surface area contributed by atoms with E-state index in [9.17, 15) is 0 Å². The average Bonchev–Trinajstić information content (AvgIpc) is 2.63. The van der Waals surface area contributed by atoms with Gasteiger partial charge in [-0.2, -0.15) is 0 Å². The third kappa shape index (κ3) is 4.17. The summed E-state index contributed by atoms with van der Waals surface area (Å²) in [4.78, 5) is 0. The van der Waals surface area contributed by atoms with Crippen molar-refractivity contribution in [3.05, 3.63) is 66.3 Å². The Kier molecular flexibility index (Phi) is 8.24. The van der Waals surface area contributed by atoms with E-state index in [1.807, 2.05) is 0 Å². The molecule has 0 fully saturated rings. The van der Waals surface area contributed by atoms with Crippen molar-refractivity contribution in [2.75, 3.05) is 0 Å². The van der Waals surface area contributed by atoms with Crippen molar-refractivity contribution in [2.45, 2.75) is 32.5 Å². The number of rotatable bonds is 2. The normalized spacial score (nSPS) is 16.2. The second-order valence-electron chi connectivity index (χ2n) is 5.09. The Morgan fingerprint density at radius 3 is 2.05 bits per heavy atom. The van der Waals surface area contributed by atoms with Gasteiger partial charge in [-0.25, -0.2) is 0 Å². The Labute approximate surface area is 134 Å². The molecule has 0 heterocycles. The first-order chi connectivity index (χ1) is 8.54. The van der Waals surface area contributed by atoms with E-state index in [2.05, 4.69) is 64.4 Å². The molecular formula is C17H24SiTi+2. The fourth-order valence-corrected chi connectivity index (χ4v) is 4.91. The van der Waals surface area contributed by atoms with Gasteiger partial charge in [0.25, 0.3) is 0 Å². The summed E-state index contributed by atoms with van der Waals surface area (Å²) in [6.45, 7) is 16.2. The van der Waals surface area contributed by atoms with Crippen molar-refractivity contribution in [1.82, 2.24) is 0 Å². The van der Waals surface area contributed by atoms with Crippen LogP contribution in [0.15, 0.2) is 55.1 Å². The minimum absolute atomic E-state index is 0. The number of allylic oxidation sites excluding steroid dienone is 4. The molecule has 19 heavy (non-hydrogen) atoms. The fraction of sp³-hybridized carbons (Fsp3) is 0.294. The summed E-state index contributed by atoms with van der Waals surface area (Å²) >= 11 is 0. The maximum absolute atomic E-state index is 3.36. The van der Waals surface area contributed by atoms with Gasteiger partial charge in [-0.3, -0.25) is 0 Å². The van der Waals surface area contributed by atoms with Gasteiger partial charge in [0.1, 0.15) is 0 Å². The summed E-state index contributed by atoms with van der Waals surface area (Å²) in [6.07, 6.45) is 3.28. The fourth-order valence-electron chi connectivity index (χ4n) is 2.65.